The molecule has 1 aromatic carbocycles. The van der Waals surface area contributed by atoms with Crippen LogP contribution in [0, 0.1) is 0 Å². The van der Waals surface area contributed by atoms with Gasteiger partial charge in [-0.25, -0.2) is 14.8 Å². The first kappa shape index (κ1) is 17.2. The summed E-state index contributed by atoms with van der Waals surface area (Å²) in [7, 11) is 0. The molecular formula is C17H20ClN3O2. The largest absolute Gasteiger partial charge is 0.475 e. The zero-order valence-electron chi connectivity index (χ0n) is 13.4. The molecule has 0 aliphatic rings. The summed E-state index contributed by atoms with van der Waals surface area (Å²) in [5, 5.41) is 13.1. The van der Waals surface area contributed by atoms with Gasteiger partial charge in [-0.05, 0) is 24.5 Å². The van der Waals surface area contributed by atoms with Crippen LogP contribution in [0.1, 0.15) is 54.1 Å². The predicted molar refractivity (Wildman–Crippen MR) is 91.5 cm³/mol. The van der Waals surface area contributed by atoms with E-state index < -0.39 is 5.97 Å². The summed E-state index contributed by atoms with van der Waals surface area (Å²) in [5.41, 5.74) is 2.58. The number of anilines is 1. The fourth-order valence-corrected chi connectivity index (χ4v) is 2.60. The highest BCUT2D eigenvalue weighted by Crippen LogP contribution is 2.28. The van der Waals surface area contributed by atoms with Crippen molar-refractivity contribution in [3.63, 3.8) is 0 Å². The molecule has 0 amide bonds. The summed E-state index contributed by atoms with van der Waals surface area (Å²) in [5.74, 6) is -0.683. The molecule has 0 saturated heterocycles. The van der Waals surface area contributed by atoms with E-state index in [4.69, 9.17) is 11.6 Å². The highest BCUT2D eigenvalue weighted by molar-refractivity contribution is 6.31. The molecule has 0 atom stereocenters. The third-order valence-electron chi connectivity index (χ3n) is 3.45. The number of halogens is 1. The summed E-state index contributed by atoms with van der Waals surface area (Å²) in [4.78, 5) is 19.7. The second-order valence-corrected chi connectivity index (χ2v) is 5.93. The van der Waals surface area contributed by atoms with Crippen molar-refractivity contribution in [3.05, 3.63) is 51.9 Å². The van der Waals surface area contributed by atoms with Gasteiger partial charge in [0.2, 0.25) is 5.82 Å². The first-order valence-electron chi connectivity index (χ1n) is 7.55. The Morgan fingerprint density at radius 2 is 2.00 bits per heavy atom. The topological polar surface area (TPSA) is 75.1 Å². The molecule has 0 aliphatic heterocycles. The molecule has 1 aromatic heterocycles. The number of nitrogens with one attached hydrogen (secondary N) is 1. The van der Waals surface area contributed by atoms with E-state index in [2.05, 4.69) is 15.3 Å². The first-order valence-corrected chi connectivity index (χ1v) is 7.93. The summed E-state index contributed by atoms with van der Waals surface area (Å²) in [6.07, 6.45) is 0.551. The zero-order valence-corrected chi connectivity index (χ0v) is 14.2. The van der Waals surface area contributed by atoms with Gasteiger partial charge in [0.1, 0.15) is 5.82 Å². The molecule has 0 fully saturated rings. The van der Waals surface area contributed by atoms with Crippen LogP contribution in [0.4, 0.5) is 5.82 Å². The van der Waals surface area contributed by atoms with Gasteiger partial charge in [-0.3, -0.25) is 0 Å². The van der Waals surface area contributed by atoms with Crippen LogP contribution in [0.25, 0.3) is 0 Å². The van der Waals surface area contributed by atoms with Crippen molar-refractivity contribution in [2.45, 2.75) is 33.1 Å². The Morgan fingerprint density at radius 1 is 1.30 bits per heavy atom. The van der Waals surface area contributed by atoms with E-state index >= 15 is 0 Å². The second kappa shape index (κ2) is 7.42. The van der Waals surface area contributed by atoms with Gasteiger partial charge in [-0.15, -0.1) is 0 Å². The van der Waals surface area contributed by atoms with Crippen molar-refractivity contribution in [3.8, 4) is 0 Å². The van der Waals surface area contributed by atoms with Crippen molar-refractivity contribution in [2.75, 3.05) is 11.9 Å². The standard InChI is InChI=1S/C17H20ClN3O2/c1-4-19-15-12(9-11-7-5-6-8-13(11)18)14(10(2)3)20-16(21-15)17(22)23/h5-8,10H,4,9H2,1-3H3,(H,22,23)(H,19,20,21). The second-order valence-electron chi connectivity index (χ2n) is 5.52. The first-order chi connectivity index (χ1) is 10.9. The third-order valence-corrected chi connectivity index (χ3v) is 3.82. The van der Waals surface area contributed by atoms with Gasteiger partial charge in [-0.1, -0.05) is 43.6 Å². The molecule has 0 spiro atoms. The number of rotatable bonds is 6. The smallest absolute Gasteiger partial charge is 0.374 e. The normalized spacial score (nSPS) is 10.8. The van der Waals surface area contributed by atoms with E-state index in [1.165, 1.54) is 0 Å². The lowest BCUT2D eigenvalue weighted by molar-refractivity contribution is 0.0683. The van der Waals surface area contributed by atoms with Crippen LogP contribution < -0.4 is 5.32 Å². The van der Waals surface area contributed by atoms with Gasteiger partial charge in [0.15, 0.2) is 0 Å². The number of carboxylic acids is 1. The van der Waals surface area contributed by atoms with E-state index in [1.54, 1.807) is 0 Å². The fourth-order valence-electron chi connectivity index (χ4n) is 2.39. The molecule has 23 heavy (non-hydrogen) atoms. The highest BCUT2D eigenvalue weighted by atomic mass is 35.5. The van der Waals surface area contributed by atoms with Crippen LogP contribution in [-0.4, -0.2) is 27.6 Å². The summed E-state index contributed by atoms with van der Waals surface area (Å²) in [6.45, 7) is 6.56. The van der Waals surface area contributed by atoms with Crippen molar-refractivity contribution < 1.29 is 9.90 Å². The minimum Gasteiger partial charge on any atom is -0.475 e. The highest BCUT2D eigenvalue weighted by Gasteiger charge is 2.20. The van der Waals surface area contributed by atoms with Crippen LogP contribution in [0.2, 0.25) is 5.02 Å². The molecule has 2 rings (SSSR count). The minimum atomic E-state index is -1.13. The number of benzene rings is 1. The molecule has 0 radical (unpaired) electrons. The lowest BCUT2D eigenvalue weighted by atomic mass is 9.97. The Labute approximate surface area is 140 Å². The molecule has 0 saturated carbocycles. The van der Waals surface area contributed by atoms with E-state index in [1.807, 2.05) is 45.0 Å². The van der Waals surface area contributed by atoms with Gasteiger partial charge in [0.25, 0.3) is 0 Å². The Morgan fingerprint density at radius 3 is 2.57 bits per heavy atom. The van der Waals surface area contributed by atoms with Crippen molar-refractivity contribution >= 4 is 23.4 Å². The maximum absolute atomic E-state index is 11.3. The molecule has 5 nitrogen and oxygen atoms in total. The predicted octanol–water partition coefficient (Wildman–Crippen LogP) is 3.97. The maximum atomic E-state index is 11.3. The van der Waals surface area contributed by atoms with Crippen molar-refractivity contribution in [1.82, 2.24) is 9.97 Å². The minimum absolute atomic E-state index is 0.0750. The zero-order chi connectivity index (χ0) is 17.0. The van der Waals surface area contributed by atoms with Gasteiger partial charge in [-0.2, -0.15) is 0 Å². The Kier molecular flexibility index (Phi) is 5.55. The number of aromatic nitrogens is 2. The number of carbonyl (C=O) groups is 1. The molecule has 2 aromatic rings. The summed E-state index contributed by atoms with van der Waals surface area (Å²) < 4.78 is 0. The lowest BCUT2D eigenvalue weighted by Crippen LogP contribution is -2.15. The van der Waals surface area contributed by atoms with Crippen LogP contribution >= 0.6 is 11.6 Å². The quantitative estimate of drug-likeness (QED) is 0.836. The molecule has 1 heterocycles. The monoisotopic (exact) mass is 333 g/mol. The molecule has 6 heteroatoms. The molecule has 0 bridgehead atoms. The third kappa shape index (κ3) is 3.99. The molecular weight excluding hydrogens is 314 g/mol. The molecule has 122 valence electrons. The summed E-state index contributed by atoms with van der Waals surface area (Å²) >= 11 is 6.26. The van der Waals surface area contributed by atoms with Crippen LogP contribution in [0.15, 0.2) is 24.3 Å². The fraction of sp³-hybridized carbons (Fsp3) is 0.353. The number of aromatic carboxylic acids is 1. The average molecular weight is 334 g/mol. The van der Waals surface area contributed by atoms with E-state index in [9.17, 15) is 9.90 Å². The van der Waals surface area contributed by atoms with Crippen LogP contribution in [-0.2, 0) is 6.42 Å². The SMILES string of the molecule is CCNc1nc(C(=O)O)nc(C(C)C)c1Cc1ccccc1Cl. The average Bonchev–Trinajstić information content (AvgIpc) is 2.50. The van der Waals surface area contributed by atoms with E-state index in [0.717, 1.165) is 16.8 Å². The Hall–Kier alpha value is -2.14. The van der Waals surface area contributed by atoms with E-state index in [0.29, 0.717) is 23.8 Å². The van der Waals surface area contributed by atoms with Gasteiger partial charge in [0, 0.05) is 23.6 Å². The van der Waals surface area contributed by atoms with Crippen molar-refractivity contribution in [2.24, 2.45) is 0 Å². The number of nitrogens with zero attached hydrogens (tertiary/aromatic N) is 2. The Balaban J connectivity index is 2.59. The molecule has 0 aliphatic carbocycles. The van der Waals surface area contributed by atoms with Gasteiger partial charge in [0.05, 0.1) is 5.69 Å². The Bertz CT molecular complexity index is 717. The van der Waals surface area contributed by atoms with Crippen LogP contribution in [0.3, 0.4) is 0 Å². The number of hydrogen-bond acceptors (Lipinski definition) is 4. The maximum Gasteiger partial charge on any atom is 0.374 e. The molecule has 0 unspecified atom stereocenters. The van der Waals surface area contributed by atoms with Gasteiger partial charge >= 0.3 is 5.97 Å². The number of hydrogen-bond donors (Lipinski definition) is 2. The van der Waals surface area contributed by atoms with E-state index in [-0.39, 0.29) is 11.7 Å². The number of carboxylic acid groups (broad SMARTS) is 1. The lowest BCUT2D eigenvalue weighted by Gasteiger charge is -2.17. The molecule has 2 N–H and O–H groups in total. The van der Waals surface area contributed by atoms with Gasteiger partial charge < -0.3 is 10.4 Å². The van der Waals surface area contributed by atoms with Crippen LogP contribution in [0.5, 0.6) is 0 Å². The summed E-state index contributed by atoms with van der Waals surface area (Å²) in [6, 6.07) is 7.60. The van der Waals surface area contributed by atoms with Crippen molar-refractivity contribution in [1.29, 1.82) is 0 Å².